The predicted molar refractivity (Wildman–Crippen MR) is 116 cm³/mol. The molecule has 8 heteroatoms. The number of aryl methyl sites for hydroxylation is 1. The largest absolute Gasteiger partial charge is 0.353 e. The number of benzene rings is 1. The van der Waals surface area contributed by atoms with Crippen LogP contribution in [0.1, 0.15) is 15.4 Å². The van der Waals surface area contributed by atoms with Crippen molar-refractivity contribution in [1.82, 2.24) is 19.3 Å². The van der Waals surface area contributed by atoms with E-state index in [0.29, 0.717) is 13.1 Å². The lowest BCUT2D eigenvalue weighted by Crippen LogP contribution is -2.49. The molecule has 0 spiro atoms. The Hall–Kier alpha value is -3.26. The van der Waals surface area contributed by atoms with Gasteiger partial charge in [0.25, 0.3) is 5.91 Å². The number of imidazole rings is 1. The number of nitrogens with zero attached hydrogens (tertiary/aromatic N) is 5. The zero-order valence-corrected chi connectivity index (χ0v) is 17.3. The Morgan fingerprint density at radius 3 is 2.50 bits per heavy atom. The Labute approximate surface area is 177 Å². The van der Waals surface area contributed by atoms with Crippen LogP contribution in [0.25, 0.3) is 16.2 Å². The molecular weight excluding hydrogens is 401 g/mol. The second kappa shape index (κ2) is 7.53. The normalized spacial score (nSPS) is 14.5. The number of amides is 1. The maximum absolute atomic E-state index is 13.2. The molecule has 0 atom stereocenters. The Morgan fingerprint density at radius 2 is 1.83 bits per heavy atom. The van der Waals surface area contributed by atoms with Gasteiger partial charge in [0.1, 0.15) is 16.5 Å². The van der Waals surface area contributed by atoms with Crippen LogP contribution in [-0.4, -0.2) is 51.4 Å². The Kier molecular flexibility index (Phi) is 4.71. The van der Waals surface area contributed by atoms with E-state index in [1.165, 1.54) is 23.5 Å². The Bertz CT molecular complexity index is 1190. The summed E-state index contributed by atoms with van der Waals surface area (Å²) in [5.74, 6) is 0.725. The van der Waals surface area contributed by atoms with Crippen LogP contribution >= 0.6 is 11.3 Å². The number of rotatable bonds is 3. The fourth-order valence-corrected chi connectivity index (χ4v) is 4.81. The molecule has 30 heavy (non-hydrogen) atoms. The van der Waals surface area contributed by atoms with E-state index in [0.717, 1.165) is 45.7 Å². The smallest absolute Gasteiger partial charge is 0.265 e. The van der Waals surface area contributed by atoms with Crippen molar-refractivity contribution in [2.24, 2.45) is 0 Å². The molecule has 0 N–H and O–H groups in total. The second-order valence-electron chi connectivity index (χ2n) is 7.27. The van der Waals surface area contributed by atoms with Crippen LogP contribution in [0.2, 0.25) is 0 Å². The summed E-state index contributed by atoms with van der Waals surface area (Å²) < 4.78 is 15.1. The van der Waals surface area contributed by atoms with E-state index in [9.17, 15) is 9.18 Å². The summed E-state index contributed by atoms with van der Waals surface area (Å²) in [6.07, 6.45) is 3.70. The monoisotopic (exact) mass is 421 g/mol. The average molecular weight is 422 g/mol. The van der Waals surface area contributed by atoms with Crippen molar-refractivity contribution in [3.05, 3.63) is 71.2 Å². The highest BCUT2D eigenvalue weighted by Gasteiger charge is 2.26. The minimum absolute atomic E-state index is 0.0482. The summed E-state index contributed by atoms with van der Waals surface area (Å²) in [6, 6.07) is 12.2. The summed E-state index contributed by atoms with van der Waals surface area (Å²) >= 11 is 1.40. The van der Waals surface area contributed by atoms with E-state index in [1.807, 2.05) is 40.6 Å². The fourth-order valence-electron chi connectivity index (χ4n) is 3.73. The average Bonchev–Trinajstić information content (AvgIpc) is 3.34. The maximum Gasteiger partial charge on any atom is 0.265 e. The van der Waals surface area contributed by atoms with Crippen molar-refractivity contribution in [1.29, 1.82) is 0 Å². The first-order chi connectivity index (χ1) is 14.6. The van der Waals surface area contributed by atoms with Gasteiger partial charge in [-0.25, -0.2) is 14.4 Å². The SMILES string of the molecule is Cc1c(C(=O)N2CCN(c3ccccn3)CC2)sc2nc(-c3ccc(F)cc3)cn12. The lowest BCUT2D eigenvalue weighted by Gasteiger charge is -2.35. The number of hydrogen-bond acceptors (Lipinski definition) is 5. The van der Waals surface area contributed by atoms with Gasteiger partial charge in [0.2, 0.25) is 0 Å². The lowest BCUT2D eigenvalue weighted by molar-refractivity contribution is 0.0750. The van der Waals surface area contributed by atoms with Crippen molar-refractivity contribution < 1.29 is 9.18 Å². The van der Waals surface area contributed by atoms with Gasteiger partial charge in [-0.3, -0.25) is 9.20 Å². The molecule has 1 aliphatic rings. The van der Waals surface area contributed by atoms with E-state index in [-0.39, 0.29) is 11.7 Å². The second-order valence-corrected chi connectivity index (χ2v) is 8.25. The van der Waals surface area contributed by atoms with E-state index in [2.05, 4.69) is 14.9 Å². The summed E-state index contributed by atoms with van der Waals surface area (Å²) in [5.41, 5.74) is 2.51. The van der Waals surface area contributed by atoms with Gasteiger partial charge < -0.3 is 9.80 Å². The number of thiazole rings is 1. The minimum Gasteiger partial charge on any atom is -0.353 e. The van der Waals surface area contributed by atoms with Crippen LogP contribution in [0.5, 0.6) is 0 Å². The molecule has 1 saturated heterocycles. The molecular formula is C22H20FN5OS. The summed E-state index contributed by atoms with van der Waals surface area (Å²) in [7, 11) is 0. The van der Waals surface area contributed by atoms with Crippen molar-refractivity contribution in [2.45, 2.75) is 6.92 Å². The van der Waals surface area contributed by atoms with Gasteiger partial charge in [-0.2, -0.15) is 0 Å². The molecule has 1 aromatic carbocycles. The molecule has 1 aliphatic heterocycles. The predicted octanol–water partition coefficient (Wildman–Crippen LogP) is 3.87. The van der Waals surface area contributed by atoms with Crippen molar-refractivity contribution in [3.8, 4) is 11.3 Å². The number of carbonyl (C=O) groups excluding carboxylic acids is 1. The van der Waals surface area contributed by atoms with Crippen LogP contribution in [0.15, 0.2) is 54.9 Å². The van der Waals surface area contributed by atoms with Crippen LogP contribution < -0.4 is 4.90 Å². The zero-order valence-electron chi connectivity index (χ0n) is 16.5. The maximum atomic E-state index is 13.2. The first kappa shape index (κ1) is 18.7. The van der Waals surface area contributed by atoms with E-state index in [4.69, 9.17) is 0 Å². The fraction of sp³-hybridized carbons (Fsp3) is 0.227. The third kappa shape index (κ3) is 3.33. The molecule has 1 amide bonds. The first-order valence-electron chi connectivity index (χ1n) is 9.80. The standard InChI is InChI=1S/C22H20FN5OS/c1-15-20(21(29)27-12-10-26(11-13-27)19-4-2-3-9-24-19)30-22-25-18(14-28(15)22)16-5-7-17(23)8-6-16/h2-9,14H,10-13H2,1H3. The molecule has 4 aromatic rings. The number of anilines is 1. The Morgan fingerprint density at radius 1 is 1.07 bits per heavy atom. The number of carbonyl (C=O) groups is 1. The number of piperazine rings is 1. The van der Waals surface area contributed by atoms with Gasteiger partial charge in [-0.1, -0.05) is 17.4 Å². The highest BCUT2D eigenvalue weighted by atomic mass is 32.1. The highest BCUT2D eigenvalue weighted by molar-refractivity contribution is 7.19. The van der Waals surface area contributed by atoms with Gasteiger partial charge in [0.05, 0.1) is 5.69 Å². The molecule has 5 rings (SSSR count). The van der Waals surface area contributed by atoms with E-state index in [1.54, 1.807) is 18.3 Å². The lowest BCUT2D eigenvalue weighted by atomic mass is 10.2. The van der Waals surface area contributed by atoms with Gasteiger partial charge in [-0.15, -0.1) is 0 Å². The van der Waals surface area contributed by atoms with Gasteiger partial charge in [0.15, 0.2) is 4.96 Å². The number of pyridine rings is 1. The molecule has 0 aliphatic carbocycles. The van der Waals surface area contributed by atoms with Gasteiger partial charge >= 0.3 is 0 Å². The molecule has 0 radical (unpaired) electrons. The number of halogens is 1. The quantitative estimate of drug-likeness (QED) is 0.504. The molecule has 0 unspecified atom stereocenters. The molecule has 0 saturated carbocycles. The molecule has 152 valence electrons. The number of fused-ring (bicyclic) bond motifs is 1. The van der Waals surface area contributed by atoms with E-state index >= 15 is 0 Å². The van der Waals surface area contributed by atoms with Gasteiger partial charge in [-0.05, 0) is 43.3 Å². The van der Waals surface area contributed by atoms with Crippen LogP contribution in [0, 0.1) is 12.7 Å². The number of aromatic nitrogens is 3. The summed E-state index contributed by atoms with van der Waals surface area (Å²) in [4.78, 5) is 27.8. The molecule has 1 fully saturated rings. The van der Waals surface area contributed by atoms with Crippen LogP contribution in [0.3, 0.4) is 0 Å². The van der Waals surface area contributed by atoms with E-state index < -0.39 is 0 Å². The summed E-state index contributed by atoms with van der Waals surface area (Å²) in [6.45, 7) is 4.79. The zero-order chi connectivity index (χ0) is 20.7. The minimum atomic E-state index is -0.271. The third-order valence-corrected chi connectivity index (χ3v) is 6.58. The van der Waals surface area contributed by atoms with Crippen LogP contribution in [0.4, 0.5) is 10.2 Å². The van der Waals surface area contributed by atoms with Crippen LogP contribution in [-0.2, 0) is 0 Å². The van der Waals surface area contributed by atoms with Crippen molar-refractivity contribution in [2.75, 3.05) is 31.1 Å². The topological polar surface area (TPSA) is 53.7 Å². The molecule has 4 heterocycles. The molecule has 6 nitrogen and oxygen atoms in total. The Balaban J connectivity index is 1.33. The molecule has 0 bridgehead atoms. The molecule has 3 aromatic heterocycles. The summed E-state index contributed by atoms with van der Waals surface area (Å²) in [5, 5.41) is 0. The van der Waals surface area contributed by atoms with Gasteiger partial charge in [0, 0.05) is 49.8 Å². The van der Waals surface area contributed by atoms with Crippen molar-refractivity contribution in [3.63, 3.8) is 0 Å². The number of hydrogen-bond donors (Lipinski definition) is 0. The first-order valence-corrected chi connectivity index (χ1v) is 10.6. The third-order valence-electron chi connectivity index (χ3n) is 5.43. The highest BCUT2D eigenvalue weighted by Crippen LogP contribution is 2.28. The van der Waals surface area contributed by atoms with Crippen molar-refractivity contribution >= 4 is 28.0 Å².